The van der Waals surface area contributed by atoms with E-state index in [1.807, 2.05) is 32.0 Å². The van der Waals surface area contributed by atoms with Crippen LogP contribution in [0.25, 0.3) is 10.9 Å². The molecule has 1 aromatic carbocycles. The third-order valence-corrected chi connectivity index (χ3v) is 4.59. The quantitative estimate of drug-likeness (QED) is 0.767. The maximum absolute atomic E-state index is 12.5. The highest BCUT2D eigenvalue weighted by atomic mass is 16.5. The summed E-state index contributed by atoms with van der Waals surface area (Å²) in [6, 6.07) is 5.86. The fourth-order valence-electron chi connectivity index (χ4n) is 3.51. The van der Waals surface area contributed by atoms with Crippen molar-refractivity contribution in [3.8, 4) is 5.75 Å². The lowest BCUT2D eigenvalue weighted by molar-refractivity contribution is 0.0526. The number of piperidine rings is 1. The highest BCUT2D eigenvalue weighted by Gasteiger charge is 2.25. The van der Waals surface area contributed by atoms with Crippen LogP contribution in [0.5, 0.6) is 5.75 Å². The molecule has 1 aliphatic heterocycles. The summed E-state index contributed by atoms with van der Waals surface area (Å²) in [6.07, 6.45) is 3.99. The average Bonchev–Trinajstić information content (AvgIpc) is 2.61. The van der Waals surface area contributed by atoms with Crippen molar-refractivity contribution in [3.63, 3.8) is 0 Å². The number of ether oxygens (including phenoxy) is 2. The fraction of sp³-hybridized carbons (Fsp3) is 0.500. The van der Waals surface area contributed by atoms with Crippen LogP contribution < -0.4 is 9.64 Å². The lowest BCUT2D eigenvalue weighted by atomic mass is 9.98. The van der Waals surface area contributed by atoms with E-state index in [0.29, 0.717) is 24.7 Å². The number of benzene rings is 1. The molecule has 134 valence electrons. The van der Waals surface area contributed by atoms with Gasteiger partial charge in [-0.15, -0.1) is 0 Å². The van der Waals surface area contributed by atoms with E-state index in [2.05, 4.69) is 16.8 Å². The number of pyridine rings is 1. The van der Waals surface area contributed by atoms with Crippen molar-refractivity contribution >= 4 is 22.6 Å². The molecular weight excluding hydrogens is 316 g/mol. The number of rotatable bonds is 5. The van der Waals surface area contributed by atoms with Gasteiger partial charge in [0.2, 0.25) is 0 Å². The summed E-state index contributed by atoms with van der Waals surface area (Å²) in [6.45, 7) is 8.87. The molecule has 0 N–H and O–H groups in total. The first-order chi connectivity index (χ1) is 12.1. The standard InChI is InChI=1S/C20H26N2O3/c1-4-24-15-8-9-18-16(11-15)19(22-10-6-7-14(3)13-22)17(12-21-18)20(23)25-5-2/h8-9,11-12,14H,4-7,10,13H2,1-3H3. The second kappa shape index (κ2) is 7.72. The summed E-state index contributed by atoms with van der Waals surface area (Å²) in [4.78, 5) is 19.3. The highest BCUT2D eigenvalue weighted by Crippen LogP contribution is 2.35. The Morgan fingerprint density at radius 1 is 1.32 bits per heavy atom. The lowest BCUT2D eigenvalue weighted by Gasteiger charge is -2.34. The first kappa shape index (κ1) is 17.5. The van der Waals surface area contributed by atoms with Crippen LogP contribution in [0, 0.1) is 5.92 Å². The predicted octanol–water partition coefficient (Wildman–Crippen LogP) is 4.05. The van der Waals surface area contributed by atoms with E-state index in [1.54, 1.807) is 6.20 Å². The van der Waals surface area contributed by atoms with E-state index in [0.717, 1.165) is 41.9 Å². The van der Waals surface area contributed by atoms with Gasteiger partial charge in [0.1, 0.15) is 11.3 Å². The Balaban J connectivity index is 2.16. The minimum atomic E-state index is -0.313. The Bertz CT molecular complexity index is 760. The van der Waals surface area contributed by atoms with Crippen LogP contribution in [-0.4, -0.2) is 37.3 Å². The molecule has 1 unspecified atom stereocenters. The predicted molar refractivity (Wildman–Crippen MR) is 99.5 cm³/mol. The molecule has 3 rings (SSSR count). The first-order valence-corrected chi connectivity index (χ1v) is 9.11. The zero-order valence-electron chi connectivity index (χ0n) is 15.2. The molecule has 1 aromatic heterocycles. The van der Waals surface area contributed by atoms with Gasteiger partial charge >= 0.3 is 5.97 Å². The largest absolute Gasteiger partial charge is 0.494 e. The van der Waals surface area contributed by atoms with Crippen LogP contribution in [0.1, 0.15) is 44.0 Å². The van der Waals surface area contributed by atoms with E-state index in [1.165, 1.54) is 6.42 Å². The number of anilines is 1. The van der Waals surface area contributed by atoms with Gasteiger partial charge in [-0.25, -0.2) is 4.79 Å². The average molecular weight is 342 g/mol. The van der Waals surface area contributed by atoms with E-state index < -0.39 is 0 Å². The lowest BCUT2D eigenvalue weighted by Crippen LogP contribution is -2.35. The van der Waals surface area contributed by atoms with Crippen LogP contribution >= 0.6 is 0 Å². The Morgan fingerprint density at radius 2 is 2.16 bits per heavy atom. The monoisotopic (exact) mass is 342 g/mol. The molecule has 5 nitrogen and oxygen atoms in total. The molecule has 0 spiro atoms. The number of carbonyl (C=O) groups is 1. The zero-order valence-corrected chi connectivity index (χ0v) is 15.2. The molecule has 0 amide bonds. The van der Waals surface area contributed by atoms with Crippen molar-refractivity contribution in [1.29, 1.82) is 0 Å². The van der Waals surface area contributed by atoms with Crippen molar-refractivity contribution in [1.82, 2.24) is 4.98 Å². The Kier molecular flexibility index (Phi) is 5.41. The second-order valence-electron chi connectivity index (χ2n) is 6.55. The van der Waals surface area contributed by atoms with E-state index in [-0.39, 0.29) is 5.97 Å². The van der Waals surface area contributed by atoms with Crippen LogP contribution in [0.2, 0.25) is 0 Å². The highest BCUT2D eigenvalue weighted by molar-refractivity contribution is 6.05. The molecule has 0 radical (unpaired) electrons. The SMILES string of the molecule is CCOC(=O)c1cnc2ccc(OCC)cc2c1N1CCCC(C)C1. The van der Waals surface area contributed by atoms with Gasteiger partial charge < -0.3 is 14.4 Å². The van der Waals surface area contributed by atoms with Crippen LogP contribution in [0.3, 0.4) is 0 Å². The molecule has 0 saturated carbocycles. The van der Waals surface area contributed by atoms with Gasteiger partial charge in [0.25, 0.3) is 0 Å². The summed E-state index contributed by atoms with van der Waals surface area (Å²) < 4.78 is 10.9. The van der Waals surface area contributed by atoms with Crippen molar-refractivity contribution < 1.29 is 14.3 Å². The van der Waals surface area contributed by atoms with Gasteiger partial charge in [-0.3, -0.25) is 4.98 Å². The topological polar surface area (TPSA) is 51.7 Å². The summed E-state index contributed by atoms with van der Waals surface area (Å²) in [5.74, 6) is 1.08. The third-order valence-electron chi connectivity index (χ3n) is 4.59. The molecular formula is C20H26N2O3. The van der Waals surface area contributed by atoms with Crippen molar-refractivity contribution in [2.75, 3.05) is 31.2 Å². The molecule has 25 heavy (non-hydrogen) atoms. The van der Waals surface area contributed by atoms with Gasteiger partial charge in [-0.1, -0.05) is 6.92 Å². The summed E-state index contributed by atoms with van der Waals surface area (Å²) in [5.41, 5.74) is 2.33. The number of carbonyl (C=O) groups excluding carboxylic acids is 1. The van der Waals surface area contributed by atoms with Gasteiger partial charge in [-0.05, 0) is 50.8 Å². The first-order valence-electron chi connectivity index (χ1n) is 9.11. The number of hydrogen-bond acceptors (Lipinski definition) is 5. The smallest absolute Gasteiger partial charge is 0.341 e. The van der Waals surface area contributed by atoms with Crippen molar-refractivity contribution in [3.05, 3.63) is 30.0 Å². The number of esters is 1. The van der Waals surface area contributed by atoms with Gasteiger partial charge in [0, 0.05) is 24.7 Å². The summed E-state index contributed by atoms with van der Waals surface area (Å²) >= 11 is 0. The fourth-order valence-corrected chi connectivity index (χ4v) is 3.51. The van der Waals surface area contributed by atoms with E-state index in [4.69, 9.17) is 9.47 Å². The molecule has 1 saturated heterocycles. The molecule has 1 fully saturated rings. The molecule has 0 bridgehead atoms. The molecule has 2 aromatic rings. The van der Waals surface area contributed by atoms with Crippen LogP contribution in [-0.2, 0) is 4.74 Å². The summed E-state index contributed by atoms with van der Waals surface area (Å²) in [7, 11) is 0. The Hall–Kier alpha value is -2.30. The Morgan fingerprint density at radius 3 is 2.88 bits per heavy atom. The van der Waals surface area contributed by atoms with E-state index in [9.17, 15) is 4.79 Å². The number of fused-ring (bicyclic) bond motifs is 1. The maximum atomic E-state index is 12.5. The number of aromatic nitrogens is 1. The maximum Gasteiger partial charge on any atom is 0.341 e. The molecule has 1 aliphatic rings. The normalized spacial score (nSPS) is 17.6. The molecule has 1 atom stereocenters. The molecule has 2 heterocycles. The minimum absolute atomic E-state index is 0.313. The van der Waals surface area contributed by atoms with Gasteiger partial charge in [0.05, 0.1) is 24.4 Å². The van der Waals surface area contributed by atoms with Crippen molar-refractivity contribution in [2.45, 2.75) is 33.6 Å². The third kappa shape index (κ3) is 3.70. The van der Waals surface area contributed by atoms with Gasteiger partial charge in [-0.2, -0.15) is 0 Å². The number of nitrogens with zero attached hydrogens (tertiary/aromatic N) is 2. The van der Waals surface area contributed by atoms with E-state index >= 15 is 0 Å². The molecule has 0 aliphatic carbocycles. The zero-order chi connectivity index (χ0) is 17.8. The minimum Gasteiger partial charge on any atom is -0.494 e. The van der Waals surface area contributed by atoms with Crippen LogP contribution in [0.15, 0.2) is 24.4 Å². The second-order valence-corrected chi connectivity index (χ2v) is 6.55. The van der Waals surface area contributed by atoms with Crippen molar-refractivity contribution in [2.24, 2.45) is 5.92 Å². The summed E-state index contributed by atoms with van der Waals surface area (Å²) in [5, 5.41) is 0.950. The number of hydrogen-bond donors (Lipinski definition) is 0. The van der Waals surface area contributed by atoms with Gasteiger partial charge in [0.15, 0.2) is 0 Å². The molecule has 5 heteroatoms. The van der Waals surface area contributed by atoms with Crippen LogP contribution in [0.4, 0.5) is 5.69 Å². The Labute approximate surface area is 148 Å².